The minimum absolute atomic E-state index is 0. The van der Waals surface area contributed by atoms with Crippen molar-refractivity contribution < 1.29 is 45.0 Å². The molecule has 0 aliphatic rings. The normalized spacial score (nSPS) is 8.00. The molecular weight excluding hydrogens is 263 g/mol. The van der Waals surface area contributed by atoms with Gasteiger partial charge in [-0.1, -0.05) is 0 Å². The second-order valence-electron chi connectivity index (χ2n) is 1.38. The van der Waals surface area contributed by atoms with Gasteiger partial charge in [0.05, 0.1) is 0 Å². The third-order valence-corrected chi connectivity index (χ3v) is 0.797. The summed E-state index contributed by atoms with van der Waals surface area (Å²) in [4.78, 5) is 12.6. The predicted molar refractivity (Wildman–Crippen MR) is 28.7 cm³/mol. The van der Waals surface area contributed by atoms with Crippen molar-refractivity contribution in [2.75, 3.05) is 0 Å². The molecular formula is C5H5GdNO2. The Morgan fingerprint density at radius 1 is 1.56 bits per heavy atom. The summed E-state index contributed by atoms with van der Waals surface area (Å²) in [7, 11) is 0. The van der Waals surface area contributed by atoms with Gasteiger partial charge in [0.1, 0.15) is 0 Å². The average molecular weight is 268 g/mol. The van der Waals surface area contributed by atoms with E-state index in [-0.39, 0.29) is 45.7 Å². The molecule has 0 saturated heterocycles. The molecule has 0 aliphatic heterocycles. The molecule has 9 heavy (non-hydrogen) atoms. The SMILES string of the molecule is O=c1[nH]cccc1O.[Gd]. The molecule has 1 heterocycles. The Labute approximate surface area is 83.8 Å². The van der Waals surface area contributed by atoms with Crippen LogP contribution in [0.15, 0.2) is 23.1 Å². The zero-order valence-electron chi connectivity index (χ0n) is 4.44. The fourth-order valence-corrected chi connectivity index (χ4v) is 0.413. The molecule has 50 valence electrons. The third kappa shape index (κ3) is 2.43. The average Bonchev–Trinajstić information content (AvgIpc) is 1.77. The molecule has 1 aromatic heterocycles. The Balaban J connectivity index is 0.000000640. The number of aromatic hydroxyl groups is 1. The smallest absolute Gasteiger partial charge is 0.290 e. The molecule has 1 aromatic rings. The number of H-pyrrole nitrogens is 1. The van der Waals surface area contributed by atoms with Gasteiger partial charge in [-0.15, -0.1) is 0 Å². The summed E-state index contributed by atoms with van der Waals surface area (Å²) in [6.45, 7) is 0. The van der Waals surface area contributed by atoms with E-state index < -0.39 is 5.56 Å². The van der Waals surface area contributed by atoms with E-state index in [1.165, 1.54) is 12.3 Å². The molecule has 0 saturated carbocycles. The second-order valence-corrected chi connectivity index (χ2v) is 1.38. The minimum atomic E-state index is -0.451. The van der Waals surface area contributed by atoms with Gasteiger partial charge < -0.3 is 10.1 Å². The van der Waals surface area contributed by atoms with E-state index >= 15 is 0 Å². The molecule has 3 nitrogen and oxygen atoms in total. The largest absolute Gasteiger partial charge is 0.503 e. The van der Waals surface area contributed by atoms with Gasteiger partial charge in [-0.2, -0.15) is 0 Å². The number of rotatable bonds is 0. The summed E-state index contributed by atoms with van der Waals surface area (Å²) in [6.07, 6.45) is 1.46. The van der Waals surface area contributed by atoms with Gasteiger partial charge in [0.2, 0.25) is 0 Å². The van der Waals surface area contributed by atoms with Crippen molar-refractivity contribution in [3.8, 4) is 5.75 Å². The Kier molecular flexibility index (Phi) is 4.01. The van der Waals surface area contributed by atoms with E-state index in [1.54, 1.807) is 6.07 Å². The zero-order chi connectivity index (χ0) is 5.98. The maximum atomic E-state index is 10.3. The van der Waals surface area contributed by atoms with Crippen LogP contribution in [0.3, 0.4) is 0 Å². The molecule has 2 N–H and O–H groups in total. The summed E-state index contributed by atoms with van der Waals surface area (Å²) in [5, 5.41) is 8.58. The van der Waals surface area contributed by atoms with Gasteiger partial charge in [-0.3, -0.25) is 4.79 Å². The molecule has 0 aromatic carbocycles. The number of nitrogens with one attached hydrogen (secondary N) is 1. The van der Waals surface area contributed by atoms with Crippen molar-refractivity contribution in [2.24, 2.45) is 0 Å². The molecule has 0 amide bonds. The molecule has 0 aliphatic carbocycles. The molecule has 0 unspecified atom stereocenters. The predicted octanol–water partition coefficient (Wildman–Crippen LogP) is 0.0805. The number of pyridine rings is 1. The standard InChI is InChI=1S/C5H5NO2.Gd/c7-4-2-1-3-6-5(4)8;/h1-3,7H,(H,6,8);. The van der Waals surface area contributed by atoms with E-state index in [1.807, 2.05) is 0 Å². The van der Waals surface area contributed by atoms with Crippen molar-refractivity contribution >= 4 is 0 Å². The van der Waals surface area contributed by atoms with Gasteiger partial charge >= 0.3 is 0 Å². The molecule has 1 rings (SSSR count). The minimum Gasteiger partial charge on any atom is -0.503 e. The van der Waals surface area contributed by atoms with Crippen molar-refractivity contribution in [2.45, 2.75) is 0 Å². The van der Waals surface area contributed by atoms with Gasteiger partial charge in [0.25, 0.3) is 5.56 Å². The first-order valence-electron chi connectivity index (χ1n) is 2.17. The summed E-state index contributed by atoms with van der Waals surface area (Å²) >= 11 is 0. The number of aromatic amines is 1. The van der Waals surface area contributed by atoms with E-state index in [4.69, 9.17) is 5.11 Å². The van der Waals surface area contributed by atoms with Gasteiger partial charge in [-0.05, 0) is 12.1 Å². The Morgan fingerprint density at radius 3 is 2.56 bits per heavy atom. The monoisotopic (exact) mass is 269 g/mol. The molecule has 4 heteroatoms. The van der Waals surface area contributed by atoms with Crippen LogP contribution in [0, 0.1) is 39.9 Å². The molecule has 0 spiro atoms. The van der Waals surface area contributed by atoms with Crippen LogP contribution >= 0.6 is 0 Å². The topological polar surface area (TPSA) is 53.1 Å². The van der Waals surface area contributed by atoms with Crippen LogP contribution in [0.4, 0.5) is 0 Å². The maximum absolute atomic E-state index is 10.3. The van der Waals surface area contributed by atoms with Crippen LogP contribution in [0.5, 0.6) is 5.75 Å². The van der Waals surface area contributed by atoms with E-state index in [9.17, 15) is 4.79 Å². The first-order chi connectivity index (χ1) is 3.80. The van der Waals surface area contributed by atoms with Crippen molar-refractivity contribution in [1.82, 2.24) is 4.98 Å². The van der Waals surface area contributed by atoms with E-state index in [0.29, 0.717) is 0 Å². The van der Waals surface area contributed by atoms with Crippen LogP contribution in [-0.4, -0.2) is 10.1 Å². The number of hydrogen-bond acceptors (Lipinski definition) is 2. The summed E-state index contributed by atoms with van der Waals surface area (Å²) in [5.41, 5.74) is -0.451. The van der Waals surface area contributed by atoms with Crippen molar-refractivity contribution in [1.29, 1.82) is 0 Å². The van der Waals surface area contributed by atoms with Gasteiger partial charge in [0.15, 0.2) is 5.75 Å². The molecule has 0 radical (unpaired) electrons. The van der Waals surface area contributed by atoms with E-state index in [0.717, 1.165) is 0 Å². The van der Waals surface area contributed by atoms with Crippen molar-refractivity contribution in [3.63, 3.8) is 0 Å². The maximum Gasteiger partial charge on any atom is 0.290 e. The van der Waals surface area contributed by atoms with Crippen LogP contribution in [0.1, 0.15) is 0 Å². The third-order valence-electron chi connectivity index (χ3n) is 0.797. The van der Waals surface area contributed by atoms with Crippen LogP contribution in [0.25, 0.3) is 0 Å². The van der Waals surface area contributed by atoms with Crippen LogP contribution in [-0.2, 0) is 0 Å². The van der Waals surface area contributed by atoms with Gasteiger partial charge in [0, 0.05) is 46.1 Å². The first-order valence-corrected chi connectivity index (χ1v) is 2.17. The number of hydrogen-bond donors (Lipinski definition) is 2. The first kappa shape index (κ1) is 9.07. The van der Waals surface area contributed by atoms with E-state index in [2.05, 4.69) is 4.98 Å². The van der Waals surface area contributed by atoms with Gasteiger partial charge in [-0.25, -0.2) is 0 Å². The fourth-order valence-electron chi connectivity index (χ4n) is 0.413. The zero-order valence-corrected chi connectivity index (χ0v) is 6.71. The Morgan fingerprint density at radius 2 is 2.22 bits per heavy atom. The Bertz CT molecular complexity index is 232. The van der Waals surface area contributed by atoms with Crippen LogP contribution in [0.2, 0.25) is 0 Å². The summed E-state index contributed by atoms with van der Waals surface area (Å²) in [6, 6.07) is 2.88. The summed E-state index contributed by atoms with van der Waals surface area (Å²) in [5.74, 6) is -0.243. The van der Waals surface area contributed by atoms with Crippen molar-refractivity contribution in [3.05, 3.63) is 28.7 Å². The second kappa shape index (κ2) is 3.98. The molecule has 0 fully saturated rings. The quantitative estimate of drug-likeness (QED) is 0.700. The Hall–Kier alpha value is 0.0747. The number of aromatic nitrogens is 1. The summed E-state index contributed by atoms with van der Waals surface area (Å²) < 4.78 is 0. The van der Waals surface area contributed by atoms with Crippen LogP contribution < -0.4 is 5.56 Å². The molecule has 0 bridgehead atoms. The molecule has 0 atom stereocenters. The fraction of sp³-hybridized carbons (Fsp3) is 0.